The Morgan fingerprint density at radius 2 is 1.74 bits per heavy atom. The zero-order valence-corrected chi connectivity index (χ0v) is 17.9. The van der Waals surface area contributed by atoms with E-state index in [1.807, 2.05) is 12.1 Å². The SMILES string of the molecule is CCCN1C[C@@H]2C[C@@H](c3ccc(NS(=O)(=O)c4ccc(OC(F)(F)F)cc4)cc3)[C@@H]2C1. The minimum absolute atomic E-state index is 0.144. The van der Waals surface area contributed by atoms with Crippen molar-refractivity contribution in [3.8, 4) is 5.75 Å². The van der Waals surface area contributed by atoms with Crippen molar-refractivity contribution in [1.29, 1.82) is 0 Å². The second-order valence-corrected chi connectivity index (χ2v) is 9.95. The Hall–Kier alpha value is -2.26. The predicted octanol–water partition coefficient (Wildman–Crippen LogP) is 4.83. The van der Waals surface area contributed by atoms with E-state index in [0.29, 0.717) is 17.5 Å². The number of rotatable bonds is 7. The molecular formula is C22H25F3N2O3S. The van der Waals surface area contributed by atoms with E-state index < -0.39 is 22.1 Å². The molecule has 1 aliphatic carbocycles. The van der Waals surface area contributed by atoms with Gasteiger partial charge in [0.1, 0.15) is 5.75 Å². The lowest BCUT2D eigenvalue weighted by atomic mass is 9.64. The van der Waals surface area contributed by atoms with Gasteiger partial charge in [-0.3, -0.25) is 4.72 Å². The third kappa shape index (κ3) is 4.98. The summed E-state index contributed by atoms with van der Waals surface area (Å²) < 4.78 is 68.1. The van der Waals surface area contributed by atoms with Crippen molar-refractivity contribution in [2.75, 3.05) is 24.4 Å². The minimum atomic E-state index is -4.83. The Morgan fingerprint density at radius 3 is 2.35 bits per heavy atom. The Bertz CT molecular complexity index is 1010. The van der Waals surface area contributed by atoms with E-state index in [0.717, 1.165) is 49.7 Å². The van der Waals surface area contributed by atoms with Crippen molar-refractivity contribution in [3.63, 3.8) is 0 Å². The molecule has 2 aromatic carbocycles. The number of hydrogen-bond acceptors (Lipinski definition) is 4. The highest BCUT2D eigenvalue weighted by Gasteiger charge is 2.46. The molecule has 1 saturated carbocycles. The maximum absolute atomic E-state index is 12.6. The number of nitrogens with zero attached hydrogens (tertiary/aromatic N) is 1. The molecule has 3 atom stereocenters. The van der Waals surface area contributed by atoms with Gasteiger partial charge in [-0.15, -0.1) is 13.2 Å². The van der Waals surface area contributed by atoms with Gasteiger partial charge in [0.05, 0.1) is 4.90 Å². The normalized spacial score (nSPS) is 23.8. The lowest BCUT2D eigenvalue weighted by molar-refractivity contribution is -0.274. The van der Waals surface area contributed by atoms with Crippen LogP contribution in [0.1, 0.15) is 31.2 Å². The molecule has 2 aliphatic rings. The summed E-state index contributed by atoms with van der Waals surface area (Å²) in [5.74, 6) is 1.48. The molecule has 5 nitrogen and oxygen atoms in total. The molecule has 0 radical (unpaired) electrons. The van der Waals surface area contributed by atoms with Gasteiger partial charge in [0, 0.05) is 18.8 Å². The summed E-state index contributed by atoms with van der Waals surface area (Å²) in [4.78, 5) is 2.39. The third-order valence-corrected chi connectivity index (χ3v) is 7.54. The minimum Gasteiger partial charge on any atom is -0.406 e. The smallest absolute Gasteiger partial charge is 0.406 e. The van der Waals surface area contributed by atoms with Crippen molar-refractivity contribution < 1.29 is 26.3 Å². The molecule has 0 unspecified atom stereocenters. The highest BCUT2D eigenvalue weighted by atomic mass is 32.2. The summed E-state index contributed by atoms with van der Waals surface area (Å²) >= 11 is 0. The number of hydrogen-bond donors (Lipinski definition) is 1. The summed E-state index contributed by atoms with van der Waals surface area (Å²) in [5, 5.41) is 0. The maximum atomic E-state index is 12.6. The van der Waals surface area contributed by atoms with E-state index >= 15 is 0 Å². The summed E-state index contributed by atoms with van der Waals surface area (Å²) in [7, 11) is -3.92. The van der Waals surface area contributed by atoms with Gasteiger partial charge in [0.15, 0.2) is 0 Å². The summed E-state index contributed by atoms with van der Waals surface area (Å²) in [5.41, 5.74) is 1.63. The highest BCUT2D eigenvalue weighted by Crippen LogP contribution is 2.51. The van der Waals surface area contributed by atoms with Gasteiger partial charge in [-0.2, -0.15) is 0 Å². The molecule has 0 aromatic heterocycles. The van der Waals surface area contributed by atoms with Crippen molar-refractivity contribution in [2.24, 2.45) is 11.8 Å². The van der Waals surface area contributed by atoms with Gasteiger partial charge in [-0.1, -0.05) is 19.1 Å². The first-order valence-corrected chi connectivity index (χ1v) is 11.8. The number of ether oxygens (including phenoxy) is 1. The monoisotopic (exact) mass is 454 g/mol. The second-order valence-electron chi connectivity index (χ2n) is 8.27. The molecule has 2 aromatic rings. The van der Waals surface area contributed by atoms with E-state index in [9.17, 15) is 21.6 Å². The molecule has 1 saturated heterocycles. The number of benzene rings is 2. The molecule has 0 spiro atoms. The molecule has 4 rings (SSSR count). The second kappa shape index (κ2) is 8.35. The Morgan fingerprint density at radius 1 is 1.06 bits per heavy atom. The molecule has 1 N–H and O–H groups in total. The van der Waals surface area contributed by atoms with Gasteiger partial charge in [-0.25, -0.2) is 8.42 Å². The molecule has 9 heteroatoms. The van der Waals surface area contributed by atoms with Crippen molar-refractivity contribution >= 4 is 15.7 Å². The Labute approximate surface area is 180 Å². The summed E-state index contributed by atoms with van der Waals surface area (Å²) in [6.45, 7) is 5.65. The zero-order chi connectivity index (χ0) is 22.2. The van der Waals surface area contributed by atoms with Gasteiger partial charge >= 0.3 is 6.36 Å². The fraction of sp³-hybridized carbons (Fsp3) is 0.455. The first kappa shape index (κ1) is 22.0. The number of halogens is 3. The van der Waals surface area contributed by atoms with Crippen LogP contribution >= 0.6 is 0 Å². The van der Waals surface area contributed by atoms with Crippen molar-refractivity contribution in [2.45, 2.75) is 36.9 Å². The van der Waals surface area contributed by atoms with Crippen molar-refractivity contribution in [1.82, 2.24) is 4.90 Å². The molecular weight excluding hydrogens is 429 g/mol. The molecule has 31 heavy (non-hydrogen) atoms. The molecule has 1 heterocycles. The van der Waals surface area contributed by atoms with E-state index in [1.54, 1.807) is 12.1 Å². The topological polar surface area (TPSA) is 58.6 Å². The van der Waals surface area contributed by atoms with Gasteiger partial charge in [0.2, 0.25) is 0 Å². The van der Waals surface area contributed by atoms with Crippen LogP contribution < -0.4 is 9.46 Å². The van der Waals surface area contributed by atoms with Crippen LogP contribution in [-0.2, 0) is 10.0 Å². The maximum Gasteiger partial charge on any atom is 0.573 e. The van der Waals surface area contributed by atoms with E-state index in [2.05, 4.69) is 21.3 Å². The Kier molecular flexibility index (Phi) is 5.91. The van der Waals surface area contributed by atoms with Gasteiger partial charge < -0.3 is 9.64 Å². The van der Waals surface area contributed by atoms with E-state index in [-0.39, 0.29) is 4.90 Å². The van der Waals surface area contributed by atoms with Crippen LogP contribution in [0.5, 0.6) is 5.75 Å². The van der Waals surface area contributed by atoms with Crippen LogP contribution in [0.4, 0.5) is 18.9 Å². The zero-order valence-electron chi connectivity index (χ0n) is 17.1. The van der Waals surface area contributed by atoms with E-state index in [4.69, 9.17) is 0 Å². The van der Waals surface area contributed by atoms with Gasteiger partial charge in [-0.05, 0) is 79.1 Å². The number of nitrogens with one attached hydrogen (secondary N) is 1. The number of sulfonamides is 1. The lowest BCUT2D eigenvalue weighted by Gasteiger charge is -2.40. The lowest BCUT2D eigenvalue weighted by Crippen LogP contribution is -2.33. The molecule has 168 valence electrons. The average molecular weight is 455 g/mol. The summed E-state index contributed by atoms with van der Waals surface area (Å²) in [6, 6.07) is 11.5. The van der Waals surface area contributed by atoms with Crippen LogP contribution in [0, 0.1) is 11.8 Å². The standard InChI is InChI=1S/C22H25F3N2O3S/c1-2-11-27-13-16-12-20(21(16)14-27)15-3-5-17(6-4-15)26-31(28,29)19-9-7-18(8-10-19)30-22(23,24)25/h3-10,16,20-21,26H,2,11-14H2,1H3/t16-,20-,21+/m0/s1. The fourth-order valence-corrected chi connectivity index (χ4v) is 5.77. The average Bonchev–Trinajstić information content (AvgIpc) is 2.99. The van der Waals surface area contributed by atoms with Crippen molar-refractivity contribution in [3.05, 3.63) is 54.1 Å². The van der Waals surface area contributed by atoms with Crippen LogP contribution in [-0.4, -0.2) is 39.3 Å². The highest BCUT2D eigenvalue weighted by molar-refractivity contribution is 7.92. The van der Waals surface area contributed by atoms with E-state index in [1.165, 1.54) is 18.5 Å². The quantitative estimate of drug-likeness (QED) is 0.651. The van der Waals surface area contributed by atoms with Crippen LogP contribution in [0.2, 0.25) is 0 Å². The molecule has 2 fully saturated rings. The van der Waals surface area contributed by atoms with Gasteiger partial charge in [0.25, 0.3) is 10.0 Å². The fourth-order valence-electron chi connectivity index (χ4n) is 4.71. The third-order valence-electron chi connectivity index (χ3n) is 6.14. The largest absolute Gasteiger partial charge is 0.573 e. The van der Waals surface area contributed by atoms with Crippen LogP contribution in [0.25, 0.3) is 0 Å². The Balaban J connectivity index is 1.39. The number of likely N-dealkylation sites (tertiary alicyclic amines) is 1. The predicted molar refractivity (Wildman–Crippen MR) is 111 cm³/mol. The molecule has 1 aliphatic heterocycles. The first-order chi connectivity index (χ1) is 14.6. The molecule has 0 bridgehead atoms. The number of alkyl halides is 3. The van der Waals surface area contributed by atoms with Crippen LogP contribution in [0.15, 0.2) is 53.4 Å². The number of fused-ring (bicyclic) bond motifs is 1. The summed E-state index contributed by atoms with van der Waals surface area (Å²) in [6.07, 6.45) is -2.49. The molecule has 0 amide bonds. The van der Waals surface area contributed by atoms with Crippen LogP contribution in [0.3, 0.4) is 0 Å². The number of anilines is 1. The first-order valence-electron chi connectivity index (χ1n) is 10.4.